The third-order valence-corrected chi connectivity index (χ3v) is 5.67. The predicted molar refractivity (Wildman–Crippen MR) is 135 cm³/mol. The van der Waals surface area contributed by atoms with Crippen LogP contribution in [0.5, 0.6) is 5.88 Å². The molecule has 9 heteroatoms. The van der Waals surface area contributed by atoms with Crippen LogP contribution in [0.2, 0.25) is 0 Å². The third-order valence-electron chi connectivity index (χ3n) is 5.67. The van der Waals surface area contributed by atoms with Crippen molar-refractivity contribution >= 4 is 16.9 Å². The summed E-state index contributed by atoms with van der Waals surface area (Å²) in [6, 6.07) is 1.97. The lowest BCUT2D eigenvalue weighted by Gasteiger charge is -2.33. The lowest BCUT2D eigenvalue weighted by molar-refractivity contribution is -0.127. The van der Waals surface area contributed by atoms with E-state index >= 15 is 0 Å². The van der Waals surface area contributed by atoms with Gasteiger partial charge in [-0.3, -0.25) is 14.3 Å². The molecule has 0 spiro atoms. The highest BCUT2D eigenvalue weighted by Gasteiger charge is 2.26. The fourth-order valence-electron chi connectivity index (χ4n) is 3.99. The zero-order valence-corrected chi connectivity index (χ0v) is 21.5. The van der Waals surface area contributed by atoms with E-state index in [9.17, 15) is 9.59 Å². The summed E-state index contributed by atoms with van der Waals surface area (Å²) in [5.41, 5.74) is 2.37. The molecule has 9 nitrogen and oxygen atoms in total. The minimum atomic E-state index is -0.0715. The first-order chi connectivity index (χ1) is 16.3. The molecule has 4 heterocycles. The number of piperidine rings is 1. The number of carbonyl (C=O) groups is 1. The average molecular weight is 471 g/mol. The van der Waals surface area contributed by atoms with Gasteiger partial charge < -0.3 is 18.8 Å². The van der Waals surface area contributed by atoms with Crippen molar-refractivity contribution in [2.45, 2.75) is 59.5 Å². The van der Waals surface area contributed by atoms with Crippen molar-refractivity contribution in [2.75, 3.05) is 20.2 Å². The first-order valence-electron chi connectivity index (χ1n) is 11.8. The Morgan fingerprint density at radius 1 is 1.32 bits per heavy atom. The van der Waals surface area contributed by atoms with Gasteiger partial charge in [0.1, 0.15) is 5.52 Å². The van der Waals surface area contributed by atoms with Gasteiger partial charge >= 0.3 is 0 Å². The van der Waals surface area contributed by atoms with Crippen LogP contribution in [0.1, 0.15) is 58.2 Å². The molecule has 0 aliphatic carbocycles. The van der Waals surface area contributed by atoms with Gasteiger partial charge in [0, 0.05) is 44.6 Å². The third kappa shape index (κ3) is 5.95. The van der Waals surface area contributed by atoms with Crippen molar-refractivity contribution < 1.29 is 9.53 Å². The second-order valence-electron chi connectivity index (χ2n) is 8.28. The number of hydrogen-bond acceptors (Lipinski definition) is 5. The molecule has 0 radical (unpaired) electrons. The number of amides is 1. The molecule has 1 unspecified atom stereocenters. The predicted octanol–water partition coefficient (Wildman–Crippen LogP) is 3.89. The van der Waals surface area contributed by atoms with Crippen molar-refractivity contribution in [3.63, 3.8) is 0 Å². The lowest BCUT2D eigenvalue weighted by Crippen LogP contribution is -2.42. The van der Waals surface area contributed by atoms with Gasteiger partial charge in [0.2, 0.25) is 11.8 Å². The highest BCUT2D eigenvalue weighted by molar-refractivity contribution is 5.87. The Bertz CT molecular complexity index is 1160. The molecule has 3 aromatic rings. The number of aromatic nitrogens is 5. The summed E-state index contributed by atoms with van der Waals surface area (Å²) in [5.74, 6) is 0.588. The maximum Gasteiger partial charge on any atom is 0.277 e. The molecule has 0 aromatic carbocycles. The van der Waals surface area contributed by atoms with Gasteiger partial charge in [0.25, 0.3) is 5.56 Å². The van der Waals surface area contributed by atoms with Crippen molar-refractivity contribution in [2.24, 2.45) is 7.05 Å². The minimum absolute atomic E-state index is 0.00578. The van der Waals surface area contributed by atoms with Crippen molar-refractivity contribution in [1.82, 2.24) is 28.8 Å². The van der Waals surface area contributed by atoms with Crippen LogP contribution in [0.25, 0.3) is 11.0 Å². The molecule has 1 aliphatic rings. The molecule has 1 saturated heterocycles. The van der Waals surface area contributed by atoms with Gasteiger partial charge in [-0.2, -0.15) is 0 Å². The largest absolute Gasteiger partial charge is 0.480 e. The number of fused-ring (bicyclic) bond motifs is 1. The van der Waals surface area contributed by atoms with Crippen LogP contribution in [-0.4, -0.2) is 54.9 Å². The van der Waals surface area contributed by atoms with Gasteiger partial charge in [-0.1, -0.05) is 20.4 Å². The van der Waals surface area contributed by atoms with Crippen molar-refractivity contribution in [3.8, 4) is 5.88 Å². The van der Waals surface area contributed by atoms with Crippen LogP contribution >= 0.6 is 0 Å². The molecule has 0 bridgehead atoms. The summed E-state index contributed by atoms with van der Waals surface area (Å²) in [7, 11) is 3.45. The van der Waals surface area contributed by atoms with E-state index in [-0.39, 0.29) is 23.6 Å². The summed E-state index contributed by atoms with van der Waals surface area (Å²) in [6.45, 7) is 14.9. The number of pyridine rings is 1. The first kappa shape index (κ1) is 26.9. The Hall–Kier alpha value is -3.36. The molecule has 4 rings (SSSR count). The summed E-state index contributed by atoms with van der Waals surface area (Å²) in [6.07, 6.45) is 8.57. The number of likely N-dealkylation sites (tertiary alicyclic amines) is 1. The Kier molecular flexibility index (Phi) is 9.65. The maximum absolute atomic E-state index is 13.1. The van der Waals surface area contributed by atoms with E-state index in [0.717, 1.165) is 30.5 Å². The maximum atomic E-state index is 13.1. The highest BCUT2D eigenvalue weighted by atomic mass is 16.5. The van der Waals surface area contributed by atoms with E-state index < -0.39 is 0 Å². The number of rotatable bonds is 4. The van der Waals surface area contributed by atoms with Crippen molar-refractivity contribution in [3.05, 3.63) is 53.4 Å². The molecule has 1 amide bonds. The Morgan fingerprint density at radius 3 is 2.56 bits per heavy atom. The molecule has 186 valence electrons. The van der Waals surface area contributed by atoms with E-state index in [4.69, 9.17) is 4.74 Å². The molecule has 3 aromatic heterocycles. The fourth-order valence-corrected chi connectivity index (χ4v) is 3.99. The van der Waals surface area contributed by atoms with Gasteiger partial charge in [-0.25, -0.2) is 4.98 Å². The summed E-state index contributed by atoms with van der Waals surface area (Å²) in [4.78, 5) is 31.2. The van der Waals surface area contributed by atoms with E-state index in [1.165, 1.54) is 6.08 Å². The van der Waals surface area contributed by atoms with Crippen LogP contribution in [-0.2, 0) is 11.8 Å². The van der Waals surface area contributed by atoms with Gasteiger partial charge in [0.15, 0.2) is 0 Å². The van der Waals surface area contributed by atoms with E-state index in [1.54, 1.807) is 33.7 Å². The lowest BCUT2D eigenvalue weighted by atomic mass is 10.0. The second-order valence-corrected chi connectivity index (χ2v) is 8.28. The second kappa shape index (κ2) is 12.2. The van der Waals surface area contributed by atoms with Crippen LogP contribution < -0.4 is 10.3 Å². The molecule has 34 heavy (non-hydrogen) atoms. The number of imidazole rings is 1. The van der Waals surface area contributed by atoms with Crippen LogP contribution in [0, 0.1) is 6.92 Å². The number of aryl methyl sites for hydroxylation is 2. The topological polar surface area (TPSA) is 87.2 Å². The standard InChI is InChI=1S/C18H24N4O2.C5H8N2O.C2H6/c1-5-15(23)20-8-6-7-14(10-20)21-9-13(4)16-17(18(21)24)22(11-19-16)12(2)3;1-7-4-3-5(6-7)8-2;1-2/h5,9,11-12,14H,1,6-8,10H2,2-4H3;3-4H,1-2H3;1-2H3. The quantitative estimate of drug-likeness (QED) is 0.540. The molecule has 1 atom stereocenters. The normalized spacial score (nSPS) is 15.3. The zero-order valence-electron chi connectivity index (χ0n) is 21.5. The van der Waals surface area contributed by atoms with Crippen LogP contribution in [0.3, 0.4) is 0 Å². The highest BCUT2D eigenvalue weighted by Crippen LogP contribution is 2.24. The van der Waals surface area contributed by atoms with Crippen LogP contribution in [0.15, 0.2) is 42.2 Å². The zero-order chi connectivity index (χ0) is 25.4. The van der Waals surface area contributed by atoms with Gasteiger partial charge in [-0.15, -0.1) is 5.10 Å². The van der Waals surface area contributed by atoms with E-state index in [2.05, 4.69) is 16.7 Å². The molecule has 1 fully saturated rings. The molecule has 1 aliphatic heterocycles. The van der Waals surface area contributed by atoms with E-state index in [0.29, 0.717) is 17.9 Å². The molecule has 0 saturated carbocycles. The van der Waals surface area contributed by atoms with Crippen molar-refractivity contribution in [1.29, 1.82) is 0 Å². The number of hydrogen-bond donors (Lipinski definition) is 0. The molecular weight excluding hydrogens is 432 g/mol. The number of ether oxygens (including phenoxy) is 1. The summed E-state index contributed by atoms with van der Waals surface area (Å²) >= 11 is 0. The number of carbonyl (C=O) groups excluding carboxylic acids is 1. The van der Waals surface area contributed by atoms with Gasteiger partial charge in [0.05, 0.1) is 25.0 Å². The fraction of sp³-hybridized carbons (Fsp3) is 0.520. The Morgan fingerprint density at radius 2 is 2.03 bits per heavy atom. The summed E-state index contributed by atoms with van der Waals surface area (Å²) < 4.78 is 10.2. The Labute approximate surface area is 201 Å². The Balaban J connectivity index is 0.000000343. The van der Waals surface area contributed by atoms with Crippen LogP contribution in [0.4, 0.5) is 0 Å². The SMILES string of the molecule is C=CC(=O)N1CCCC(n2cc(C)c3ncn(C(C)C)c3c2=O)C1.CC.COc1ccn(C)n1. The molecular formula is C25H38N6O3. The number of methoxy groups -OCH3 is 1. The smallest absolute Gasteiger partial charge is 0.277 e. The first-order valence-corrected chi connectivity index (χ1v) is 11.8. The van der Waals surface area contributed by atoms with E-state index in [1.807, 2.05) is 58.6 Å². The average Bonchev–Trinajstić information content (AvgIpc) is 3.49. The summed E-state index contributed by atoms with van der Waals surface area (Å²) in [5, 5.41) is 3.92. The monoisotopic (exact) mass is 470 g/mol. The van der Waals surface area contributed by atoms with Gasteiger partial charge in [-0.05, 0) is 45.3 Å². The molecule has 0 N–H and O–H groups in total. The minimum Gasteiger partial charge on any atom is -0.480 e. The number of nitrogens with zero attached hydrogens (tertiary/aromatic N) is 6.